The maximum absolute atomic E-state index is 13.0. The van der Waals surface area contributed by atoms with Crippen molar-refractivity contribution in [1.82, 2.24) is 0 Å². The van der Waals surface area contributed by atoms with E-state index in [0.29, 0.717) is 19.3 Å². The van der Waals surface area contributed by atoms with Gasteiger partial charge in [-0.1, -0.05) is 386 Å². The second-order valence-electron chi connectivity index (χ2n) is 25.9. The molecule has 0 aromatic heterocycles. The number of hydrogen-bond donors (Lipinski definition) is 0. The highest BCUT2D eigenvalue weighted by Crippen LogP contribution is 2.20. The van der Waals surface area contributed by atoms with Crippen LogP contribution >= 0.6 is 0 Å². The molecule has 82 heavy (non-hydrogen) atoms. The van der Waals surface area contributed by atoms with Crippen LogP contribution in [0.2, 0.25) is 0 Å². The van der Waals surface area contributed by atoms with Gasteiger partial charge in [-0.15, -0.1) is 0 Å². The van der Waals surface area contributed by atoms with Crippen molar-refractivity contribution in [3.05, 3.63) is 12.2 Å². The van der Waals surface area contributed by atoms with Crippen molar-refractivity contribution in [3.63, 3.8) is 0 Å². The largest absolute Gasteiger partial charge is 0.462 e. The van der Waals surface area contributed by atoms with Crippen LogP contribution in [0.1, 0.15) is 438 Å². The van der Waals surface area contributed by atoms with Crippen molar-refractivity contribution < 1.29 is 28.6 Å². The number of rotatable bonds is 71. The molecular weight excluding hydrogens is 1010 g/mol. The van der Waals surface area contributed by atoms with Crippen LogP contribution in [0.25, 0.3) is 0 Å². The molecule has 0 aromatic carbocycles. The first kappa shape index (κ1) is 80.2. The summed E-state index contributed by atoms with van der Waals surface area (Å²) in [4.78, 5) is 38.5. The zero-order valence-corrected chi connectivity index (χ0v) is 56.1. The summed E-state index contributed by atoms with van der Waals surface area (Å²) in [6.07, 6.45) is 86.8. The van der Waals surface area contributed by atoms with Crippen molar-refractivity contribution in [2.45, 2.75) is 444 Å². The van der Waals surface area contributed by atoms with Crippen LogP contribution < -0.4 is 0 Å². The molecule has 1 atom stereocenters. The van der Waals surface area contributed by atoms with E-state index in [1.165, 1.54) is 340 Å². The molecule has 6 nitrogen and oxygen atoms in total. The zero-order valence-electron chi connectivity index (χ0n) is 56.1. The second kappa shape index (κ2) is 71.6. The number of carbonyl (C=O) groups excluding carboxylic acids is 3. The Kier molecular flexibility index (Phi) is 70.0. The van der Waals surface area contributed by atoms with Gasteiger partial charge in [-0.2, -0.15) is 0 Å². The van der Waals surface area contributed by atoms with Crippen molar-refractivity contribution in [2.75, 3.05) is 13.2 Å². The summed E-state index contributed by atoms with van der Waals surface area (Å²) in [6.45, 7) is 6.75. The van der Waals surface area contributed by atoms with E-state index >= 15 is 0 Å². The Hall–Kier alpha value is -1.85. The van der Waals surface area contributed by atoms with Gasteiger partial charge in [-0.3, -0.25) is 14.4 Å². The Morgan fingerprint density at radius 1 is 0.232 bits per heavy atom. The highest BCUT2D eigenvalue weighted by atomic mass is 16.6. The van der Waals surface area contributed by atoms with E-state index in [0.717, 1.165) is 57.8 Å². The van der Waals surface area contributed by atoms with Gasteiger partial charge in [0.1, 0.15) is 13.2 Å². The lowest BCUT2D eigenvalue weighted by atomic mass is 10.0. The quantitative estimate of drug-likeness (QED) is 0.0261. The molecule has 0 saturated carbocycles. The van der Waals surface area contributed by atoms with Crippen molar-refractivity contribution in [3.8, 4) is 0 Å². The number of unbranched alkanes of at least 4 members (excludes halogenated alkanes) is 58. The normalized spacial score (nSPS) is 12.0. The van der Waals surface area contributed by atoms with Gasteiger partial charge in [0.25, 0.3) is 0 Å². The zero-order chi connectivity index (χ0) is 59.2. The molecule has 0 aliphatic heterocycles. The van der Waals surface area contributed by atoms with Crippen molar-refractivity contribution >= 4 is 17.9 Å². The molecule has 0 aliphatic carbocycles. The second-order valence-corrected chi connectivity index (χ2v) is 25.9. The van der Waals surface area contributed by atoms with Crippen LogP contribution in [0.5, 0.6) is 0 Å². The van der Waals surface area contributed by atoms with E-state index in [1.54, 1.807) is 0 Å². The molecule has 6 heteroatoms. The van der Waals surface area contributed by atoms with E-state index in [9.17, 15) is 14.4 Å². The first-order chi connectivity index (χ1) is 40.5. The molecular formula is C76H146O6. The summed E-state index contributed by atoms with van der Waals surface area (Å²) >= 11 is 0. The Morgan fingerprint density at radius 2 is 0.402 bits per heavy atom. The van der Waals surface area contributed by atoms with Crippen LogP contribution in [0, 0.1) is 0 Å². The average molecular weight is 1160 g/mol. The highest BCUT2D eigenvalue weighted by molar-refractivity contribution is 5.71. The molecule has 0 spiro atoms. The lowest BCUT2D eigenvalue weighted by molar-refractivity contribution is -0.167. The van der Waals surface area contributed by atoms with E-state index in [4.69, 9.17) is 14.2 Å². The molecule has 0 aromatic rings. The molecule has 1 unspecified atom stereocenters. The van der Waals surface area contributed by atoms with Gasteiger partial charge in [0.2, 0.25) is 0 Å². The van der Waals surface area contributed by atoms with Crippen molar-refractivity contribution in [1.29, 1.82) is 0 Å². The Bertz CT molecular complexity index is 1280. The highest BCUT2D eigenvalue weighted by Gasteiger charge is 2.20. The maximum atomic E-state index is 13.0. The molecule has 0 bridgehead atoms. The van der Waals surface area contributed by atoms with Crippen LogP contribution in [0.3, 0.4) is 0 Å². The predicted molar refractivity (Wildman–Crippen MR) is 358 cm³/mol. The molecule has 486 valence electrons. The number of allylic oxidation sites excluding steroid dienone is 2. The van der Waals surface area contributed by atoms with Gasteiger partial charge in [-0.25, -0.2) is 0 Å². The fraction of sp³-hybridized carbons (Fsp3) is 0.934. The first-order valence-corrected chi connectivity index (χ1v) is 37.7. The minimum Gasteiger partial charge on any atom is -0.462 e. The van der Waals surface area contributed by atoms with Crippen LogP contribution in [0.4, 0.5) is 0 Å². The summed E-state index contributed by atoms with van der Waals surface area (Å²) in [5.41, 5.74) is 0. The molecule has 0 aliphatic rings. The minimum absolute atomic E-state index is 0.0627. The van der Waals surface area contributed by atoms with Crippen molar-refractivity contribution in [2.24, 2.45) is 0 Å². The smallest absolute Gasteiger partial charge is 0.306 e. The van der Waals surface area contributed by atoms with E-state index in [1.807, 2.05) is 0 Å². The monoisotopic (exact) mass is 1160 g/mol. The molecule has 0 amide bonds. The van der Waals surface area contributed by atoms with Crippen LogP contribution in [0.15, 0.2) is 12.2 Å². The molecule has 0 N–H and O–H groups in total. The van der Waals surface area contributed by atoms with E-state index in [-0.39, 0.29) is 31.1 Å². The molecule has 0 rings (SSSR count). The fourth-order valence-corrected chi connectivity index (χ4v) is 11.9. The molecule has 0 fully saturated rings. The summed E-state index contributed by atoms with van der Waals surface area (Å²) in [5.74, 6) is -0.822. The van der Waals surface area contributed by atoms with Gasteiger partial charge in [0.05, 0.1) is 0 Å². The summed E-state index contributed by atoms with van der Waals surface area (Å²) in [7, 11) is 0. The summed E-state index contributed by atoms with van der Waals surface area (Å²) < 4.78 is 17.1. The minimum atomic E-state index is -0.767. The topological polar surface area (TPSA) is 78.9 Å². The average Bonchev–Trinajstić information content (AvgIpc) is 3.47. The lowest BCUT2D eigenvalue weighted by Crippen LogP contribution is -2.30. The summed E-state index contributed by atoms with van der Waals surface area (Å²) in [6, 6.07) is 0. The number of esters is 3. The number of ether oxygens (including phenoxy) is 3. The van der Waals surface area contributed by atoms with Crippen LogP contribution in [-0.2, 0) is 28.6 Å². The fourth-order valence-electron chi connectivity index (χ4n) is 11.9. The first-order valence-electron chi connectivity index (χ1n) is 37.7. The molecule has 0 radical (unpaired) electrons. The van der Waals surface area contributed by atoms with E-state index in [2.05, 4.69) is 32.9 Å². The predicted octanol–water partition coefficient (Wildman–Crippen LogP) is 26.0. The molecule has 0 heterocycles. The SMILES string of the molecule is CCCCCCCCCC/C=C\CCCCCCCCCCCCCC(=O)OC(COC(=O)CCCCCCCCCCCCCCCCCCC)COC(=O)CCCCCCCCCCCCCCCCCCCCCCCCCC. The Labute approximate surface area is 513 Å². The third-order valence-corrected chi connectivity index (χ3v) is 17.5. The number of hydrogen-bond acceptors (Lipinski definition) is 6. The Balaban J connectivity index is 4.26. The summed E-state index contributed by atoms with van der Waals surface area (Å²) in [5, 5.41) is 0. The molecule has 0 saturated heterocycles. The maximum Gasteiger partial charge on any atom is 0.306 e. The van der Waals surface area contributed by atoms with Crippen LogP contribution in [-0.4, -0.2) is 37.2 Å². The van der Waals surface area contributed by atoms with Gasteiger partial charge < -0.3 is 14.2 Å². The van der Waals surface area contributed by atoms with Gasteiger partial charge >= 0.3 is 17.9 Å². The third kappa shape index (κ3) is 68.9. The van der Waals surface area contributed by atoms with Gasteiger partial charge in [-0.05, 0) is 44.9 Å². The third-order valence-electron chi connectivity index (χ3n) is 17.5. The number of carbonyl (C=O) groups is 3. The van der Waals surface area contributed by atoms with Gasteiger partial charge in [0, 0.05) is 19.3 Å². The Morgan fingerprint density at radius 3 is 0.610 bits per heavy atom. The standard InChI is InChI=1S/C76H146O6/c1-4-7-10-13-16-19-22-25-28-31-33-35-37-39-40-42-45-48-51-54-57-60-63-66-69-75(78)81-72-73(71-80-74(77)68-65-62-59-56-53-50-47-44-30-27-24-21-18-15-12-9-6-3)82-76(79)70-67-64-61-58-55-52-49-46-43-41-38-36-34-32-29-26-23-20-17-14-11-8-5-2/h32,34,73H,4-31,33,35-72H2,1-3H3/b34-32-. The van der Waals surface area contributed by atoms with Gasteiger partial charge in [0.15, 0.2) is 6.10 Å². The van der Waals surface area contributed by atoms with E-state index < -0.39 is 6.10 Å². The lowest BCUT2D eigenvalue weighted by Gasteiger charge is -2.18.